The molecule has 37 heavy (non-hydrogen) atoms. The molecule has 10 heteroatoms. The average molecular weight is 522 g/mol. The van der Waals surface area contributed by atoms with Crippen LogP contribution in [-0.4, -0.2) is 74.2 Å². The van der Waals surface area contributed by atoms with Crippen LogP contribution in [0.25, 0.3) is 0 Å². The number of amides is 2. The number of nitrogens with one attached hydrogen (secondary N) is 1. The number of alkyl halides is 3. The Bertz CT molecular complexity index is 1070. The number of nitrogens with zero attached hydrogens (tertiary/aromatic N) is 2. The van der Waals surface area contributed by atoms with Crippen LogP contribution in [0.3, 0.4) is 0 Å². The third-order valence-corrected chi connectivity index (χ3v) is 6.31. The first-order valence-corrected chi connectivity index (χ1v) is 12.4. The van der Waals surface area contributed by atoms with E-state index >= 15 is 0 Å². The number of benzene rings is 2. The highest BCUT2D eigenvalue weighted by atomic mass is 19.4. The molecule has 2 aromatic rings. The number of ether oxygens (including phenoxy) is 2. The van der Waals surface area contributed by atoms with Gasteiger partial charge in [0.05, 0.1) is 19.2 Å². The van der Waals surface area contributed by atoms with Crippen molar-refractivity contribution in [1.82, 2.24) is 9.80 Å². The van der Waals surface area contributed by atoms with Crippen molar-refractivity contribution in [3.63, 3.8) is 0 Å². The monoisotopic (exact) mass is 521 g/mol. The zero-order chi connectivity index (χ0) is 27.0. The highest BCUT2D eigenvalue weighted by Crippen LogP contribution is 2.28. The second kappa shape index (κ2) is 12.8. The largest absolute Gasteiger partial charge is 0.497 e. The molecule has 2 aromatic carbocycles. The van der Waals surface area contributed by atoms with E-state index in [1.54, 1.807) is 4.90 Å². The van der Waals surface area contributed by atoms with Crippen molar-refractivity contribution in [1.29, 1.82) is 0 Å². The third-order valence-electron chi connectivity index (χ3n) is 6.31. The SMILES string of the molecule is CCc1cccc(CC)c1NC(=O)CN1CCCN(C(=O)c2cc(OC)ccc2OCC(F)(F)F)CC1. The van der Waals surface area contributed by atoms with E-state index < -0.39 is 18.7 Å². The van der Waals surface area contributed by atoms with Crippen molar-refractivity contribution in [3.05, 3.63) is 53.1 Å². The fraction of sp³-hybridized carbons (Fsp3) is 0.481. The molecule has 1 N–H and O–H groups in total. The molecule has 2 amide bonds. The zero-order valence-electron chi connectivity index (χ0n) is 21.5. The average Bonchev–Trinajstić information content (AvgIpc) is 3.12. The first kappa shape index (κ1) is 28.3. The highest BCUT2D eigenvalue weighted by molar-refractivity contribution is 5.97. The Labute approximate surface area is 215 Å². The molecule has 202 valence electrons. The van der Waals surface area contributed by atoms with Gasteiger partial charge in [0.25, 0.3) is 5.91 Å². The molecule has 0 saturated carbocycles. The number of carbonyl (C=O) groups is 2. The molecule has 1 aliphatic rings. The smallest absolute Gasteiger partial charge is 0.422 e. The molecule has 0 spiro atoms. The van der Waals surface area contributed by atoms with Crippen LogP contribution in [0.1, 0.15) is 41.8 Å². The topological polar surface area (TPSA) is 71.1 Å². The Morgan fingerprint density at radius 1 is 1.00 bits per heavy atom. The fourth-order valence-electron chi connectivity index (χ4n) is 4.38. The summed E-state index contributed by atoms with van der Waals surface area (Å²) in [7, 11) is 1.41. The van der Waals surface area contributed by atoms with E-state index in [1.165, 1.54) is 25.3 Å². The van der Waals surface area contributed by atoms with Gasteiger partial charge < -0.3 is 19.7 Å². The molecule has 1 saturated heterocycles. The molecular formula is C27H34F3N3O4. The Kier molecular flexibility index (Phi) is 9.79. The number of anilines is 1. The summed E-state index contributed by atoms with van der Waals surface area (Å²) in [5, 5.41) is 3.07. The molecular weight excluding hydrogens is 487 g/mol. The maximum absolute atomic E-state index is 13.3. The summed E-state index contributed by atoms with van der Waals surface area (Å²) in [6.07, 6.45) is -2.29. The van der Waals surface area contributed by atoms with Crippen molar-refractivity contribution in [2.24, 2.45) is 0 Å². The quantitative estimate of drug-likeness (QED) is 0.525. The van der Waals surface area contributed by atoms with Gasteiger partial charge in [0.1, 0.15) is 11.5 Å². The van der Waals surface area contributed by atoms with Crippen molar-refractivity contribution in [2.75, 3.05) is 51.8 Å². The van der Waals surface area contributed by atoms with Gasteiger partial charge in [-0.05, 0) is 48.6 Å². The number of carbonyl (C=O) groups excluding carboxylic acids is 2. The summed E-state index contributed by atoms with van der Waals surface area (Å²) in [6, 6.07) is 10.2. The first-order chi connectivity index (χ1) is 17.6. The number of para-hydroxylation sites is 1. The summed E-state index contributed by atoms with van der Waals surface area (Å²) in [6.45, 7) is 4.59. The maximum atomic E-state index is 13.3. The van der Waals surface area contributed by atoms with Crippen LogP contribution in [0.4, 0.5) is 18.9 Å². The van der Waals surface area contributed by atoms with Crippen LogP contribution in [-0.2, 0) is 17.6 Å². The van der Waals surface area contributed by atoms with Gasteiger partial charge in [-0.1, -0.05) is 32.0 Å². The lowest BCUT2D eigenvalue weighted by Gasteiger charge is -2.23. The lowest BCUT2D eigenvalue weighted by Crippen LogP contribution is -2.38. The van der Waals surface area contributed by atoms with E-state index in [0.29, 0.717) is 38.3 Å². The van der Waals surface area contributed by atoms with Crippen molar-refractivity contribution in [2.45, 2.75) is 39.3 Å². The lowest BCUT2D eigenvalue weighted by atomic mass is 10.0. The molecule has 0 aliphatic carbocycles. The highest BCUT2D eigenvalue weighted by Gasteiger charge is 2.30. The van der Waals surface area contributed by atoms with Gasteiger partial charge in [-0.2, -0.15) is 13.2 Å². The second-order valence-corrected chi connectivity index (χ2v) is 8.89. The predicted molar refractivity (Wildman–Crippen MR) is 135 cm³/mol. The van der Waals surface area contributed by atoms with Crippen LogP contribution in [0.15, 0.2) is 36.4 Å². The summed E-state index contributed by atoms with van der Waals surface area (Å²) in [5.74, 6) is -0.364. The molecule has 0 radical (unpaired) electrons. The minimum atomic E-state index is -4.53. The van der Waals surface area contributed by atoms with Crippen molar-refractivity contribution < 1.29 is 32.2 Å². The zero-order valence-corrected chi connectivity index (χ0v) is 21.5. The van der Waals surface area contributed by atoms with E-state index in [0.717, 1.165) is 29.7 Å². The van der Waals surface area contributed by atoms with Crippen LogP contribution in [0, 0.1) is 0 Å². The normalized spacial score (nSPS) is 14.7. The summed E-state index contributed by atoms with van der Waals surface area (Å²) < 4.78 is 48.2. The van der Waals surface area contributed by atoms with E-state index in [9.17, 15) is 22.8 Å². The van der Waals surface area contributed by atoms with Crippen LogP contribution in [0.5, 0.6) is 11.5 Å². The standard InChI is InChI=1S/C27H34F3N3O4/c1-4-19-8-6-9-20(5-2)25(19)31-24(34)17-32-12-7-13-33(15-14-32)26(35)22-16-21(36-3)10-11-23(22)37-18-27(28,29)30/h6,8-11,16H,4-5,7,12-15,17-18H2,1-3H3,(H,31,34). The van der Waals surface area contributed by atoms with Crippen LogP contribution < -0.4 is 14.8 Å². The number of halogens is 3. The van der Waals surface area contributed by atoms with Gasteiger partial charge in [0.2, 0.25) is 5.91 Å². The molecule has 1 fully saturated rings. The summed E-state index contributed by atoms with van der Waals surface area (Å²) in [4.78, 5) is 29.7. The van der Waals surface area contributed by atoms with E-state index in [4.69, 9.17) is 9.47 Å². The number of rotatable bonds is 9. The molecule has 1 heterocycles. The van der Waals surface area contributed by atoms with E-state index in [-0.39, 0.29) is 23.8 Å². The molecule has 0 unspecified atom stereocenters. The lowest BCUT2D eigenvalue weighted by molar-refractivity contribution is -0.153. The molecule has 7 nitrogen and oxygen atoms in total. The van der Waals surface area contributed by atoms with Crippen molar-refractivity contribution in [3.8, 4) is 11.5 Å². The predicted octanol–water partition coefficient (Wildman–Crippen LogP) is 4.55. The first-order valence-electron chi connectivity index (χ1n) is 12.4. The van der Waals surface area contributed by atoms with Gasteiger partial charge in [0.15, 0.2) is 6.61 Å². The summed E-state index contributed by atoms with van der Waals surface area (Å²) in [5.41, 5.74) is 3.05. The fourth-order valence-corrected chi connectivity index (χ4v) is 4.38. The number of methoxy groups -OCH3 is 1. The Morgan fingerprint density at radius 3 is 2.32 bits per heavy atom. The van der Waals surface area contributed by atoms with Crippen LogP contribution >= 0.6 is 0 Å². The number of aryl methyl sites for hydroxylation is 2. The summed E-state index contributed by atoms with van der Waals surface area (Å²) >= 11 is 0. The van der Waals surface area contributed by atoms with Crippen molar-refractivity contribution >= 4 is 17.5 Å². The van der Waals surface area contributed by atoms with Crippen LogP contribution in [0.2, 0.25) is 0 Å². The molecule has 3 rings (SSSR count). The van der Waals surface area contributed by atoms with E-state index in [2.05, 4.69) is 5.32 Å². The third kappa shape index (κ3) is 7.85. The molecule has 1 aliphatic heterocycles. The molecule has 0 aromatic heterocycles. The van der Waals surface area contributed by atoms with E-state index in [1.807, 2.05) is 36.9 Å². The Hall–Kier alpha value is -3.27. The minimum Gasteiger partial charge on any atom is -0.497 e. The Balaban J connectivity index is 1.66. The van der Waals surface area contributed by atoms with Gasteiger partial charge in [-0.3, -0.25) is 14.5 Å². The molecule has 0 bridgehead atoms. The van der Waals surface area contributed by atoms with Gasteiger partial charge in [-0.15, -0.1) is 0 Å². The maximum Gasteiger partial charge on any atom is 0.422 e. The second-order valence-electron chi connectivity index (χ2n) is 8.89. The van der Waals surface area contributed by atoms with Gasteiger partial charge >= 0.3 is 6.18 Å². The Morgan fingerprint density at radius 2 is 1.70 bits per heavy atom. The number of hydrogen-bond acceptors (Lipinski definition) is 5. The van der Waals surface area contributed by atoms with Gasteiger partial charge in [0, 0.05) is 31.9 Å². The van der Waals surface area contributed by atoms with Gasteiger partial charge in [-0.25, -0.2) is 0 Å². The minimum absolute atomic E-state index is 0.0121. The number of hydrogen-bond donors (Lipinski definition) is 1. The molecule has 0 atom stereocenters.